The van der Waals surface area contributed by atoms with E-state index in [2.05, 4.69) is 10.6 Å². The van der Waals surface area contributed by atoms with Gasteiger partial charge in [-0.3, -0.25) is 9.59 Å². The molecule has 1 heterocycles. The summed E-state index contributed by atoms with van der Waals surface area (Å²) in [7, 11) is 0.610. The number of rotatable bonds is 9. The van der Waals surface area contributed by atoms with Crippen molar-refractivity contribution < 1.29 is 22.7 Å². The topological polar surface area (TPSA) is 110 Å². The van der Waals surface area contributed by atoms with Gasteiger partial charge in [-0.1, -0.05) is 25.1 Å². The number of benzene rings is 2. The van der Waals surface area contributed by atoms with Gasteiger partial charge in [-0.2, -0.15) is 12.7 Å². The van der Waals surface area contributed by atoms with Gasteiger partial charge in [-0.15, -0.1) is 0 Å². The minimum absolute atomic E-state index is 0.000535. The molecule has 2 amide bonds. The average molecular weight is 485 g/mol. The summed E-state index contributed by atoms with van der Waals surface area (Å²) in [6.07, 6.45) is 3.63. The maximum atomic E-state index is 12.9. The molecule has 0 fully saturated rings. The zero-order valence-corrected chi connectivity index (χ0v) is 20.3. The Morgan fingerprint density at radius 2 is 1.76 bits per heavy atom. The number of ether oxygens (including phenoxy) is 1. The zero-order chi connectivity index (χ0) is 24.9. The molecule has 9 nitrogen and oxygen atoms in total. The lowest BCUT2D eigenvalue weighted by molar-refractivity contribution is -0.117. The maximum Gasteiger partial charge on any atom is 0.307 e. The standard InChI is InChI=1S/C24H28N4O5S/c1-5-14-25-24(30)21(26-23(29)17-10-12-19(33-4)13-11-17)15-18-16-28(34(31,32)27(2)3)22-9-7-6-8-20(18)22/h6-13,15-16H,5,14H2,1-4H3,(H,25,30)(H,26,29)/b21-15-. The fourth-order valence-electron chi connectivity index (χ4n) is 3.24. The Labute approximate surface area is 199 Å². The van der Waals surface area contributed by atoms with Crippen LogP contribution in [0.15, 0.2) is 60.4 Å². The van der Waals surface area contributed by atoms with Crippen molar-refractivity contribution in [1.82, 2.24) is 18.9 Å². The number of carbonyl (C=O) groups excluding carboxylic acids is 2. The van der Waals surface area contributed by atoms with E-state index in [0.717, 1.165) is 8.28 Å². The molecule has 3 aromatic rings. The first-order valence-electron chi connectivity index (χ1n) is 10.7. The third-order valence-electron chi connectivity index (χ3n) is 5.10. The number of amides is 2. The van der Waals surface area contributed by atoms with Crippen molar-refractivity contribution in [2.24, 2.45) is 0 Å². The summed E-state index contributed by atoms with van der Waals surface area (Å²) in [4.78, 5) is 25.7. The molecule has 2 aromatic carbocycles. The van der Waals surface area contributed by atoms with Gasteiger partial charge < -0.3 is 15.4 Å². The van der Waals surface area contributed by atoms with Crippen molar-refractivity contribution >= 4 is 39.0 Å². The van der Waals surface area contributed by atoms with Crippen molar-refractivity contribution in [2.45, 2.75) is 13.3 Å². The van der Waals surface area contributed by atoms with Gasteiger partial charge in [0.25, 0.3) is 11.8 Å². The van der Waals surface area contributed by atoms with Gasteiger partial charge in [0.05, 0.1) is 12.6 Å². The van der Waals surface area contributed by atoms with Gasteiger partial charge in [0.15, 0.2) is 0 Å². The van der Waals surface area contributed by atoms with E-state index in [4.69, 9.17) is 4.74 Å². The van der Waals surface area contributed by atoms with Gasteiger partial charge in [0.1, 0.15) is 11.4 Å². The molecular formula is C24H28N4O5S. The van der Waals surface area contributed by atoms with E-state index >= 15 is 0 Å². The molecule has 0 aliphatic carbocycles. The van der Waals surface area contributed by atoms with Crippen LogP contribution in [0, 0.1) is 0 Å². The highest BCUT2D eigenvalue weighted by Crippen LogP contribution is 2.25. The van der Waals surface area contributed by atoms with Crippen molar-refractivity contribution in [3.05, 3.63) is 71.6 Å². The Kier molecular flexibility index (Phi) is 7.75. The van der Waals surface area contributed by atoms with Crippen LogP contribution in [0.5, 0.6) is 5.75 Å². The lowest BCUT2D eigenvalue weighted by Gasteiger charge is -2.13. The summed E-state index contributed by atoms with van der Waals surface area (Å²) in [5, 5.41) is 6.04. The van der Waals surface area contributed by atoms with Crippen LogP contribution >= 0.6 is 0 Å². The molecule has 0 unspecified atom stereocenters. The Hall–Kier alpha value is -3.63. The second-order valence-electron chi connectivity index (χ2n) is 7.68. The van der Waals surface area contributed by atoms with Crippen LogP contribution in [0.2, 0.25) is 0 Å². The van der Waals surface area contributed by atoms with E-state index in [9.17, 15) is 18.0 Å². The normalized spacial score (nSPS) is 12.1. The summed E-state index contributed by atoms with van der Waals surface area (Å²) >= 11 is 0. The molecule has 1 aromatic heterocycles. The molecule has 0 aliphatic heterocycles. The van der Waals surface area contributed by atoms with E-state index in [0.29, 0.717) is 40.7 Å². The van der Waals surface area contributed by atoms with E-state index in [-0.39, 0.29) is 5.70 Å². The first kappa shape index (κ1) is 25.0. The Balaban J connectivity index is 2.07. The summed E-state index contributed by atoms with van der Waals surface area (Å²) in [5.41, 5.74) is 1.27. The quantitative estimate of drug-likeness (QED) is 0.454. The fraction of sp³-hybridized carbons (Fsp3) is 0.250. The highest BCUT2D eigenvalue weighted by atomic mass is 32.2. The van der Waals surface area contributed by atoms with Crippen LogP contribution in [-0.2, 0) is 15.0 Å². The molecule has 34 heavy (non-hydrogen) atoms. The molecular weight excluding hydrogens is 456 g/mol. The highest BCUT2D eigenvalue weighted by Gasteiger charge is 2.22. The van der Waals surface area contributed by atoms with E-state index in [1.807, 2.05) is 6.92 Å². The third kappa shape index (κ3) is 5.29. The first-order chi connectivity index (χ1) is 16.2. The lowest BCUT2D eigenvalue weighted by atomic mass is 10.1. The van der Waals surface area contributed by atoms with Crippen LogP contribution in [0.4, 0.5) is 0 Å². The van der Waals surface area contributed by atoms with E-state index < -0.39 is 22.0 Å². The largest absolute Gasteiger partial charge is 0.497 e. The smallest absolute Gasteiger partial charge is 0.307 e. The molecule has 0 atom stereocenters. The number of fused-ring (bicyclic) bond motifs is 1. The fourth-order valence-corrected chi connectivity index (χ4v) is 4.25. The minimum atomic E-state index is -3.80. The molecule has 0 saturated carbocycles. The average Bonchev–Trinajstić information content (AvgIpc) is 3.21. The number of carbonyl (C=O) groups is 2. The summed E-state index contributed by atoms with van der Waals surface area (Å²) in [6.45, 7) is 2.34. The van der Waals surface area contributed by atoms with Crippen molar-refractivity contribution in [3.63, 3.8) is 0 Å². The van der Waals surface area contributed by atoms with Crippen LogP contribution in [-0.4, -0.2) is 56.3 Å². The predicted octanol–water partition coefficient (Wildman–Crippen LogP) is 2.60. The number of nitrogens with zero attached hydrogens (tertiary/aromatic N) is 2. The second-order valence-corrected chi connectivity index (χ2v) is 9.70. The molecule has 0 spiro atoms. The van der Waals surface area contributed by atoms with Crippen molar-refractivity contribution in [2.75, 3.05) is 27.7 Å². The molecule has 0 radical (unpaired) electrons. The van der Waals surface area contributed by atoms with Crippen LogP contribution in [0.1, 0.15) is 29.3 Å². The number of para-hydroxylation sites is 1. The Bertz CT molecular complexity index is 1330. The molecule has 2 N–H and O–H groups in total. The second kappa shape index (κ2) is 10.5. The zero-order valence-electron chi connectivity index (χ0n) is 19.5. The minimum Gasteiger partial charge on any atom is -0.497 e. The van der Waals surface area contributed by atoms with Crippen LogP contribution in [0.3, 0.4) is 0 Å². The van der Waals surface area contributed by atoms with Gasteiger partial charge in [0, 0.05) is 43.4 Å². The van der Waals surface area contributed by atoms with Gasteiger partial charge in [0.2, 0.25) is 0 Å². The number of aromatic nitrogens is 1. The Morgan fingerprint density at radius 1 is 1.09 bits per heavy atom. The van der Waals surface area contributed by atoms with Gasteiger partial charge >= 0.3 is 10.2 Å². The van der Waals surface area contributed by atoms with Crippen molar-refractivity contribution in [1.29, 1.82) is 0 Å². The molecule has 10 heteroatoms. The molecule has 0 aliphatic rings. The van der Waals surface area contributed by atoms with E-state index in [1.54, 1.807) is 48.5 Å². The maximum absolute atomic E-state index is 12.9. The van der Waals surface area contributed by atoms with Gasteiger partial charge in [-0.05, 0) is 42.8 Å². The number of hydrogen-bond donors (Lipinski definition) is 2. The van der Waals surface area contributed by atoms with Crippen molar-refractivity contribution in [3.8, 4) is 5.75 Å². The molecule has 0 saturated heterocycles. The van der Waals surface area contributed by atoms with Crippen LogP contribution in [0.25, 0.3) is 17.0 Å². The van der Waals surface area contributed by atoms with Crippen LogP contribution < -0.4 is 15.4 Å². The third-order valence-corrected chi connectivity index (χ3v) is 6.82. The summed E-state index contributed by atoms with van der Waals surface area (Å²) in [6, 6.07) is 13.4. The SMILES string of the molecule is CCCNC(=O)/C(=C/c1cn(S(=O)(=O)N(C)C)c2ccccc12)NC(=O)c1ccc(OC)cc1. The molecule has 3 rings (SSSR count). The summed E-state index contributed by atoms with van der Waals surface area (Å²) in [5.74, 6) is -0.357. The number of nitrogens with one attached hydrogen (secondary N) is 2. The monoisotopic (exact) mass is 484 g/mol. The van der Waals surface area contributed by atoms with E-state index in [1.165, 1.54) is 33.5 Å². The Morgan fingerprint density at radius 3 is 2.38 bits per heavy atom. The summed E-state index contributed by atoms with van der Waals surface area (Å²) < 4.78 is 33.1. The predicted molar refractivity (Wildman–Crippen MR) is 132 cm³/mol. The molecule has 0 bridgehead atoms. The van der Waals surface area contributed by atoms with Gasteiger partial charge in [-0.25, -0.2) is 3.97 Å². The first-order valence-corrected chi connectivity index (χ1v) is 12.1. The highest BCUT2D eigenvalue weighted by molar-refractivity contribution is 7.87. The number of methoxy groups -OCH3 is 1. The lowest BCUT2D eigenvalue weighted by Crippen LogP contribution is -2.35. The number of hydrogen-bond acceptors (Lipinski definition) is 5. The molecule has 180 valence electrons.